The van der Waals surface area contributed by atoms with Gasteiger partial charge in [-0.25, -0.2) is 13.8 Å². The van der Waals surface area contributed by atoms with Crippen LogP contribution in [0.2, 0.25) is 0 Å². The molecule has 0 bridgehead atoms. The molecule has 0 unspecified atom stereocenters. The summed E-state index contributed by atoms with van der Waals surface area (Å²) in [6, 6.07) is 2.64. The Morgan fingerprint density at radius 3 is 2.60 bits per heavy atom. The predicted molar refractivity (Wildman–Crippen MR) is 75.9 cm³/mol. The zero-order chi connectivity index (χ0) is 14.3. The van der Waals surface area contributed by atoms with Gasteiger partial charge in [-0.2, -0.15) is 0 Å². The fraction of sp³-hybridized carbons (Fsp3) is 0.533. The highest BCUT2D eigenvalue weighted by molar-refractivity contribution is 6.16. The first-order valence-electron chi connectivity index (χ1n) is 6.98. The maximum absolute atomic E-state index is 14.3. The number of halogens is 3. The summed E-state index contributed by atoms with van der Waals surface area (Å²) in [5.41, 5.74) is 0.502. The molecule has 0 spiro atoms. The molecule has 0 aliphatic heterocycles. The highest BCUT2D eigenvalue weighted by Gasteiger charge is 2.33. The zero-order valence-electron chi connectivity index (χ0n) is 11.4. The quantitative estimate of drug-likeness (QED) is 0.733. The van der Waals surface area contributed by atoms with Gasteiger partial charge < -0.3 is 4.57 Å². The van der Waals surface area contributed by atoms with Crippen LogP contribution < -0.4 is 0 Å². The minimum absolute atomic E-state index is 0.200. The number of nitrogens with zero attached hydrogens (tertiary/aromatic N) is 2. The van der Waals surface area contributed by atoms with Crippen molar-refractivity contribution < 1.29 is 8.78 Å². The van der Waals surface area contributed by atoms with Crippen molar-refractivity contribution in [3.8, 4) is 0 Å². The normalized spacial score (nSPS) is 18.6. The zero-order valence-corrected chi connectivity index (χ0v) is 12.2. The van der Waals surface area contributed by atoms with E-state index in [-0.39, 0.29) is 16.9 Å². The maximum Gasteiger partial charge on any atom is 0.184 e. The van der Waals surface area contributed by atoms with Crippen molar-refractivity contribution in [2.24, 2.45) is 0 Å². The average molecular weight is 299 g/mol. The summed E-state index contributed by atoms with van der Waals surface area (Å²) < 4.78 is 29.7. The molecule has 2 aromatic rings. The van der Waals surface area contributed by atoms with Crippen molar-refractivity contribution in [2.75, 3.05) is 0 Å². The van der Waals surface area contributed by atoms with Crippen molar-refractivity contribution >= 4 is 22.6 Å². The van der Waals surface area contributed by atoms with Crippen LogP contribution in [0.25, 0.3) is 11.0 Å². The molecule has 3 rings (SSSR count). The van der Waals surface area contributed by atoms with Gasteiger partial charge in [0, 0.05) is 5.54 Å². The van der Waals surface area contributed by atoms with E-state index in [0.717, 1.165) is 31.7 Å². The number of alkyl halides is 1. The SMILES string of the molecule is CC1(n2c(CCl)nc3ccc(F)c(F)c32)CCCCC1. The van der Waals surface area contributed by atoms with Crippen LogP contribution >= 0.6 is 11.6 Å². The smallest absolute Gasteiger partial charge is 0.184 e. The van der Waals surface area contributed by atoms with E-state index in [1.165, 1.54) is 12.5 Å². The molecule has 0 saturated heterocycles. The number of rotatable bonds is 2. The van der Waals surface area contributed by atoms with Gasteiger partial charge >= 0.3 is 0 Å². The van der Waals surface area contributed by atoms with Gasteiger partial charge in [-0.05, 0) is 31.9 Å². The van der Waals surface area contributed by atoms with Crippen LogP contribution in [0.5, 0.6) is 0 Å². The first-order chi connectivity index (χ1) is 9.57. The number of benzene rings is 1. The molecular weight excluding hydrogens is 282 g/mol. The Kier molecular flexibility index (Phi) is 3.44. The lowest BCUT2D eigenvalue weighted by Crippen LogP contribution is -2.34. The second kappa shape index (κ2) is 4.99. The highest BCUT2D eigenvalue weighted by atomic mass is 35.5. The minimum atomic E-state index is -0.834. The standard InChI is InChI=1S/C15H17ClF2N2/c1-15(7-3-2-4-8-15)20-12(9-16)19-11-6-5-10(17)13(18)14(11)20/h5-6H,2-4,7-9H2,1H3. The molecule has 1 aromatic carbocycles. The lowest BCUT2D eigenvalue weighted by Gasteiger charge is -2.36. The van der Waals surface area contributed by atoms with E-state index in [9.17, 15) is 8.78 Å². The summed E-state index contributed by atoms with van der Waals surface area (Å²) in [7, 11) is 0. The van der Waals surface area contributed by atoms with Crippen LogP contribution in [-0.4, -0.2) is 9.55 Å². The fourth-order valence-electron chi connectivity index (χ4n) is 3.36. The molecule has 0 N–H and O–H groups in total. The summed E-state index contributed by atoms with van der Waals surface area (Å²) in [6.07, 6.45) is 5.26. The number of imidazole rings is 1. The topological polar surface area (TPSA) is 17.8 Å². The Morgan fingerprint density at radius 1 is 1.25 bits per heavy atom. The molecule has 1 aliphatic rings. The van der Waals surface area contributed by atoms with Gasteiger partial charge in [0.25, 0.3) is 0 Å². The summed E-state index contributed by atoms with van der Waals surface area (Å²) in [4.78, 5) is 4.38. The molecule has 0 radical (unpaired) electrons. The largest absolute Gasteiger partial charge is 0.319 e. The molecule has 1 heterocycles. The van der Waals surface area contributed by atoms with E-state index in [1.54, 1.807) is 0 Å². The van der Waals surface area contributed by atoms with Crippen molar-refractivity contribution in [1.82, 2.24) is 9.55 Å². The molecule has 108 valence electrons. The van der Waals surface area contributed by atoms with Gasteiger partial charge in [-0.3, -0.25) is 0 Å². The molecule has 5 heteroatoms. The third kappa shape index (κ3) is 2.01. The van der Waals surface area contributed by atoms with E-state index < -0.39 is 11.6 Å². The molecule has 2 nitrogen and oxygen atoms in total. The molecule has 1 fully saturated rings. The molecule has 1 aliphatic carbocycles. The Morgan fingerprint density at radius 2 is 1.95 bits per heavy atom. The lowest BCUT2D eigenvalue weighted by molar-refractivity contribution is 0.219. The van der Waals surface area contributed by atoms with E-state index in [0.29, 0.717) is 11.3 Å². The molecule has 0 amide bonds. The number of hydrogen-bond acceptors (Lipinski definition) is 1. The third-order valence-corrected chi connectivity index (χ3v) is 4.61. The molecule has 1 saturated carbocycles. The average Bonchev–Trinajstić information content (AvgIpc) is 2.84. The summed E-state index contributed by atoms with van der Waals surface area (Å²) in [5.74, 6) is -0.835. The Hall–Kier alpha value is -1.16. The summed E-state index contributed by atoms with van der Waals surface area (Å²) >= 11 is 5.98. The van der Waals surface area contributed by atoms with Gasteiger partial charge in [0.15, 0.2) is 11.6 Å². The third-order valence-electron chi connectivity index (χ3n) is 4.37. The minimum Gasteiger partial charge on any atom is -0.319 e. The van der Waals surface area contributed by atoms with Crippen LogP contribution in [0, 0.1) is 11.6 Å². The summed E-state index contributed by atoms with van der Waals surface area (Å²) in [6.45, 7) is 2.09. The van der Waals surface area contributed by atoms with Crippen LogP contribution in [0.4, 0.5) is 8.78 Å². The lowest BCUT2D eigenvalue weighted by atomic mass is 9.83. The molecular formula is C15H17ClF2N2. The second-order valence-electron chi connectivity index (χ2n) is 5.78. The van der Waals surface area contributed by atoms with Crippen molar-refractivity contribution in [3.05, 3.63) is 29.6 Å². The van der Waals surface area contributed by atoms with Crippen molar-refractivity contribution in [1.29, 1.82) is 0 Å². The van der Waals surface area contributed by atoms with Crippen LogP contribution in [0.1, 0.15) is 44.9 Å². The van der Waals surface area contributed by atoms with E-state index in [4.69, 9.17) is 11.6 Å². The van der Waals surface area contributed by atoms with E-state index in [1.807, 2.05) is 4.57 Å². The van der Waals surface area contributed by atoms with Gasteiger partial charge in [0.2, 0.25) is 0 Å². The van der Waals surface area contributed by atoms with Crippen molar-refractivity contribution in [2.45, 2.75) is 50.4 Å². The first-order valence-corrected chi connectivity index (χ1v) is 7.52. The highest BCUT2D eigenvalue weighted by Crippen LogP contribution is 2.39. The van der Waals surface area contributed by atoms with E-state index >= 15 is 0 Å². The number of fused-ring (bicyclic) bond motifs is 1. The second-order valence-corrected chi connectivity index (χ2v) is 6.05. The van der Waals surface area contributed by atoms with Crippen LogP contribution in [0.3, 0.4) is 0 Å². The maximum atomic E-state index is 14.3. The van der Waals surface area contributed by atoms with E-state index in [2.05, 4.69) is 11.9 Å². The van der Waals surface area contributed by atoms with Crippen LogP contribution in [-0.2, 0) is 11.4 Å². The van der Waals surface area contributed by atoms with Gasteiger partial charge in [0.1, 0.15) is 11.3 Å². The van der Waals surface area contributed by atoms with Gasteiger partial charge in [0.05, 0.1) is 11.4 Å². The monoisotopic (exact) mass is 298 g/mol. The summed E-state index contributed by atoms with van der Waals surface area (Å²) in [5, 5.41) is 0. The van der Waals surface area contributed by atoms with Crippen LogP contribution in [0.15, 0.2) is 12.1 Å². The fourth-order valence-corrected chi connectivity index (χ4v) is 3.54. The predicted octanol–water partition coefficient (Wildman–Crippen LogP) is 4.73. The molecule has 20 heavy (non-hydrogen) atoms. The molecule has 0 atom stereocenters. The number of aromatic nitrogens is 2. The van der Waals surface area contributed by atoms with Gasteiger partial charge in [-0.15, -0.1) is 11.6 Å². The Labute approximate surface area is 121 Å². The van der Waals surface area contributed by atoms with Gasteiger partial charge in [-0.1, -0.05) is 19.3 Å². The molecule has 1 aromatic heterocycles. The first kappa shape index (κ1) is 13.8. The number of hydrogen-bond donors (Lipinski definition) is 0. The Bertz CT molecular complexity index is 645. The Balaban J connectivity index is 2.29. The van der Waals surface area contributed by atoms with Crippen molar-refractivity contribution in [3.63, 3.8) is 0 Å².